The number of ether oxygens (including phenoxy) is 2. The molecule has 8 aromatic rings. The number of fused-ring (bicyclic) bond motifs is 6. The van der Waals surface area contributed by atoms with E-state index >= 15 is 0 Å². The van der Waals surface area contributed by atoms with E-state index in [1.165, 1.54) is 9.36 Å². The van der Waals surface area contributed by atoms with Gasteiger partial charge in [0.15, 0.2) is 0 Å². The fourth-order valence-electron chi connectivity index (χ4n) is 5.03. The van der Waals surface area contributed by atoms with Gasteiger partial charge >= 0.3 is 0 Å². The highest BCUT2D eigenvalue weighted by atomic mass is 35.5. The number of aromatic nitrogens is 8. The summed E-state index contributed by atoms with van der Waals surface area (Å²) >= 11 is 5.89. The number of halogens is 1. The minimum absolute atomic E-state index is 0.153. The lowest BCUT2D eigenvalue weighted by atomic mass is 10.2. The zero-order valence-electron chi connectivity index (χ0n) is 23.9. The van der Waals surface area contributed by atoms with Crippen LogP contribution in [0.2, 0.25) is 5.15 Å². The molecule has 6 aromatic heterocycles. The fourth-order valence-corrected chi connectivity index (χ4v) is 5.19. The Bertz CT molecular complexity index is 2460. The molecule has 0 radical (unpaired) electrons. The second kappa shape index (κ2) is 11.2. The van der Waals surface area contributed by atoms with Gasteiger partial charge < -0.3 is 9.47 Å². The summed E-state index contributed by atoms with van der Waals surface area (Å²) in [6, 6.07) is 19.8. The molecule has 13 heteroatoms. The summed E-state index contributed by atoms with van der Waals surface area (Å²) in [5, 5.41) is 8.36. The highest BCUT2D eigenvalue weighted by Gasteiger charge is 2.14. The third-order valence-corrected chi connectivity index (χ3v) is 7.53. The molecule has 0 saturated heterocycles. The topological polar surface area (TPSA) is 146 Å². The van der Waals surface area contributed by atoms with Crippen LogP contribution in [0.3, 0.4) is 0 Å². The maximum Gasteiger partial charge on any atom is 0.280 e. The van der Waals surface area contributed by atoms with Crippen molar-refractivity contribution in [2.45, 2.75) is 0 Å². The molecule has 12 nitrogen and oxygen atoms in total. The van der Waals surface area contributed by atoms with Gasteiger partial charge in [-0.25, -0.2) is 14.3 Å². The zero-order chi connectivity index (χ0) is 31.1. The first-order valence-electron chi connectivity index (χ1n) is 13.6. The summed E-state index contributed by atoms with van der Waals surface area (Å²) in [6.45, 7) is 0. The van der Waals surface area contributed by atoms with Gasteiger partial charge in [0.1, 0.15) is 22.2 Å². The van der Waals surface area contributed by atoms with Crippen molar-refractivity contribution in [1.82, 2.24) is 39.5 Å². The van der Waals surface area contributed by atoms with Gasteiger partial charge in [-0.15, -0.1) is 0 Å². The van der Waals surface area contributed by atoms with Crippen LogP contribution < -0.4 is 20.6 Å². The van der Waals surface area contributed by atoms with E-state index in [0.29, 0.717) is 43.7 Å². The minimum atomic E-state index is -0.172. The summed E-state index contributed by atoms with van der Waals surface area (Å²) < 4.78 is 13.2. The number of nitrogens with one attached hydrogen (secondary N) is 2. The average molecular weight is 619 g/mol. The van der Waals surface area contributed by atoms with Crippen molar-refractivity contribution in [3.63, 3.8) is 0 Å². The first kappa shape index (κ1) is 27.8. The van der Waals surface area contributed by atoms with Crippen molar-refractivity contribution in [3.8, 4) is 22.9 Å². The van der Waals surface area contributed by atoms with Crippen LogP contribution >= 0.6 is 11.6 Å². The predicted molar refractivity (Wildman–Crippen MR) is 172 cm³/mol. The molecule has 0 spiro atoms. The molecule has 0 saturated carbocycles. The van der Waals surface area contributed by atoms with Crippen molar-refractivity contribution >= 4 is 55.3 Å². The molecule has 222 valence electrons. The van der Waals surface area contributed by atoms with Crippen LogP contribution in [-0.4, -0.2) is 53.7 Å². The average Bonchev–Trinajstić information content (AvgIpc) is 3.61. The predicted octanol–water partition coefficient (Wildman–Crippen LogP) is 5.19. The van der Waals surface area contributed by atoms with Crippen LogP contribution in [0.15, 0.2) is 101 Å². The molecule has 0 aliphatic rings. The quantitative estimate of drug-likeness (QED) is 0.256. The normalized spacial score (nSPS) is 11.2. The van der Waals surface area contributed by atoms with Crippen molar-refractivity contribution in [2.75, 3.05) is 14.2 Å². The minimum Gasteiger partial charge on any atom is -0.497 e. The Kier molecular flexibility index (Phi) is 6.95. The number of H-pyrrole nitrogens is 2. The Labute approximate surface area is 258 Å². The van der Waals surface area contributed by atoms with Gasteiger partial charge in [-0.3, -0.25) is 34.7 Å². The Morgan fingerprint density at radius 3 is 1.78 bits per heavy atom. The van der Waals surface area contributed by atoms with E-state index in [1.807, 2.05) is 36.4 Å². The molecule has 2 aromatic carbocycles. The van der Waals surface area contributed by atoms with Gasteiger partial charge in [-0.05, 0) is 60.7 Å². The number of hydrogen-bond acceptors (Lipinski definition) is 8. The maximum atomic E-state index is 12.6. The molecule has 2 N–H and O–H groups in total. The summed E-state index contributed by atoms with van der Waals surface area (Å²) in [5.41, 5.74) is 4.59. The largest absolute Gasteiger partial charge is 0.497 e. The number of aromatic amines is 2. The Morgan fingerprint density at radius 2 is 1.18 bits per heavy atom. The highest BCUT2D eigenvalue weighted by Crippen LogP contribution is 2.23. The molecule has 0 aliphatic carbocycles. The highest BCUT2D eigenvalue weighted by molar-refractivity contribution is 6.30. The summed E-state index contributed by atoms with van der Waals surface area (Å²) in [7, 11) is 3.20. The molecule has 0 bridgehead atoms. The van der Waals surface area contributed by atoms with Gasteiger partial charge in [-0.1, -0.05) is 11.6 Å². The van der Waals surface area contributed by atoms with E-state index in [0.717, 1.165) is 28.1 Å². The van der Waals surface area contributed by atoms with E-state index in [1.54, 1.807) is 69.3 Å². The third kappa shape index (κ3) is 4.92. The van der Waals surface area contributed by atoms with Gasteiger partial charge in [-0.2, -0.15) is 0 Å². The van der Waals surface area contributed by atoms with Crippen molar-refractivity contribution in [1.29, 1.82) is 0 Å². The lowest BCUT2D eigenvalue weighted by molar-refractivity contribution is 0.414. The SMILES string of the molecule is COc1ccc(-n2[nH]c3c(cnc4cc(Cl)ncc43)c2=O)cc1.COc1ccc(-n2[nH]c3c(cnc4cccnc43)c2=O)cc1. The van der Waals surface area contributed by atoms with E-state index in [9.17, 15) is 9.59 Å². The summed E-state index contributed by atoms with van der Waals surface area (Å²) in [4.78, 5) is 42.1. The van der Waals surface area contributed by atoms with Crippen molar-refractivity contribution in [2.24, 2.45) is 0 Å². The van der Waals surface area contributed by atoms with Crippen LogP contribution in [-0.2, 0) is 0 Å². The maximum absolute atomic E-state index is 12.6. The molecule has 0 amide bonds. The van der Waals surface area contributed by atoms with Crippen LogP contribution in [0, 0.1) is 0 Å². The molecule has 6 heterocycles. The molecule has 45 heavy (non-hydrogen) atoms. The van der Waals surface area contributed by atoms with E-state index in [-0.39, 0.29) is 11.1 Å². The Hall–Kier alpha value is -6.01. The van der Waals surface area contributed by atoms with Crippen molar-refractivity contribution < 1.29 is 9.47 Å². The van der Waals surface area contributed by atoms with Crippen LogP contribution in [0.5, 0.6) is 11.5 Å². The first-order chi connectivity index (χ1) is 21.9. The standard InChI is InChI=1S/C16H11ClN4O2.C16H12N4O2/c1-23-10-4-2-9(3-5-10)21-16(22)12-8-18-13-6-14(17)19-7-11(13)15(12)20-21;1-22-11-6-4-10(5-7-11)20-16(21)12-9-18-13-3-2-8-17-15(13)14(12)19-20/h2-8,20H,1H3;2-9,19H,1H3. The second-order valence-electron chi connectivity index (χ2n) is 9.89. The molecular formula is C32H23ClN8O4. The van der Waals surface area contributed by atoms with Gasteiger partial charge in [0, 0.05) is 36.2 Å². The number of rotatable bonds is 4. The summed E-state index contributed by atoms with van der Waals surface area (Å²) in [5.74, 6) is 1.46. The first-order valence-corrected chi connectivity index (χ1v) is 14.0. The zero-order valence-corrected chi connectivity index (χ0v) is 24.6. The monoisotopic (exact) mass is 618 g/mol. The lowest BCUT2D eigenvalue weighted by Crippen LogP contribution is -2.14. The fraction of sp³-hybridized carbons (Fsp3) is 0.0625. The molecule has 8 rings (SSSR count). The lowest BCUT2D eigenvalue weighted by Gasteiger charge is -2.03. The number of nitrogens with zero attached hydrogens (tertiary/aromatic N) is 6. The number of benzene rings is 2. The molecular weight excluding hydrogens is 596 g/mol. The van der Waals surface area contributed by atoms with E-state index in [2.05, 4.69) is 30.1 Å². The number of hydrogen-bond donors (Lipinski definition) is 2. The molecule has 0 fully saturated rings. The summed E-state index contributed by atoms with van der Waals surface area (Å²) in [6.07, 6.45) is 6.43. The number of pyridine rings is 4. The van der Waals surface area contributed by atoms with E-state index in [4.69, 9.17) is 21.1 Å². The molecule has 0 unspecified atom stereocenters. The van der Waals surface area contributed by atoms with E-state index < -0.39 is 0 Å². The smallest absolute Gasteiger partial charge is 0.280 e. The molecule has 0 atom stereocenters. The van der Waals surface area contributed by atoms with Crippen LogP contribution in [0.4, 0.5) is 0 Å². The van der Waals surface area contributed by atoms with Gasteiger partial charge in [0.05, 0.1) is 58.4 Å². The van der Waals surface area contributed by atoms with Crippen LogP contribution in [0.1, 0.15) is 0 Å². The van der Waals surface area contributed by atoms with Crippen LogP contribution in [0.25, 0.3) is 55.1 Å². The van der Waals surface area contributed by atoms with Crippen molar-refractivity contribution in [3.05, 3.63) is 117 Å². The Morgan fingerprint density at radius 1 is 0.644 bits per heavy atom. The second-order valence-corrected chi connectivity index (χ2v) is 10.3. The Balaban J connectivity index is 0.000000145. The van der Waals surface area contributed by atoms with Gasteiger partial charge in [0.25, 0.3) is 11.1 Å². The molecule has 0 aliphatic heterocycles. The van der Waals surface area contributed by atoms with Gasteiger partial charge in [0.2, 0.25) is 0 Å². The third-order valence-electron chi connectivity index (χ3n) is 7.32. The number of methoxy groups -OCH3 is 2.